The maximum atomic E-state index is 12.0. The van der Waals surface area contributed by atoms with Crippen molar-refractivity contribution in [3.05, 3.63) is 0 Å². The van der Waals surface area contributed by atoms with Gasteiger partial charge in [-0.05, 0) is 6.42 Å². The van der Waals surface area contributed by atoms with Crippen LogP contribution in [0.25, 0.3) is 0 Å². The summed E-state index contributed by atoms with van der Waals surface area (Å²) >= 11 is 0. The van der Waals surface area contributed by atoms with E-state index >= 15 is 0 Å². The Balaban J connectivity index is 2.54. The summed E-state index contributed by atoms with van der Waals surface area (Å²) < 4.78 is 24.1. The number of hydrogen-bond donors (Lipinski definition) is 2. The third-order valence-corrected chi connectivity index (χ3v) is 1.80. The molecule has 3 nitrogen and oxygen atoms in total. The lowest BCUT2D eigenvalue weighted by Crippen LogP contribution is -2.47. The smallest absolute Gasteiger partial charge is 0.256 e. The van der Waals surface area contributed by atoms with Gasteiger partial charge in [-0.1, -0.05) is 0 Å². The third-order valence-electron chi connectivity index (χ3n) is 1.80. The molecule has 0 radical (unpaired) electrons. The summed E-state index contributed by atoms with van der Waals surface area (Å²) in [5.41, 5.74) is 5.37. The molecule has 60 valence electrons. The monoisotopic (exact) mass is 151 g/mol. The minimum Gasteiger partial charge on any atom is -0.326 e. The number of halogens is 2. The molecule has 0 spiro atoms. The highest BCUT2D eigenvalue weighted by Gasteiger charge is 2.36. The Kier molecular flexibility index (Phi) is 2.18. The molecule has 1 fully saturated rings. The summed E-state index contributed by atoms with van der Waals surface area (Å²) in [7, 11) is 0. The summed E-state index contributed by atoms with van der Waals surface area (Å²) in [5, 5.41) is 1.12. The average Bonchev–Trinajstić information content (AvgIpc) is 2.11. The number of alkyl halides is 2. The molecule has 0 aromatic carbocycles. The van der Waals surface area contributed by atoms with Gasteiger partial charge in [-0.15, -0.1) is 0 Å². The van der Waals surface area contributed by atoms with E-state index in [0.717, 1.165) is 5.01 Å². The van der Waals surface area contributed by atoms with Crippen molar-refractivity contribution in [2.24, 2.45) is 11.6 Å². The first-order valence-corrected chi connectivity index (χ1v) is 3.18. The van der Waals surface area contributed by atoms with E-state index in [1.165, 1.54) is 0 Å². The van der Waals surface area contributed by atoms with Crippen LogP contribution in [0, 0.1) is 0 Å². The zero-order chi connectivity index (χ0) is 7.72. The number of hydrogen-bond acceptors (Lipinski definition) is 3. The van der Waals surface area contributed by atoms with Gasteiger partial charge in [0.25, 0.3) is 6.43 Å². The van der Waals surface area contributed by atoms with Crippen LogP contribution in [-0.2, 0) is 0 Å². The topological polar surface area (TPSA) is 55.3 Å². The highest BCUT2D eigenvalue weighted by atomic mass is 19.3. The molecule has 2 atom stereocenters. The normalized spacial score (nSPS) is 35.7. The van der Waals surface area contributed by atoms with E-state index in [9.17, 15) is 8.78 Å². The second kappa shape index (κ2) is 2.77. The molecule has 5 heteroatoms. The van der Waals surface area contributed by atoms with Gasteiger partial charge in [0, 0.05) is 12.6 Å². The van der Waals surface area contributed by atoms with E-state index in [-0.39, 0.29) is 0 Å². The molecule has 0 saturated carbocycles. The summed E-state index contributed by atoms with van der Waals surface area (Å²) in [6.45, 7) is 0.468. The standard InChI is InChI=1S/C5H11F2N3/c6-5(7)4-3(8)1-2-10(4)9/h3-5H,1-2,8-9H2. The minimum absolute atomic E-state index is 0.468. The molecule has 0 aliphatic carbocycles. The van der Waals surface area contributed by atoms with E-state index in [2.05, 4.69) is 0 Å². The molecule has 0 amide bonds. The van der Waals surface area contributed by atoms with Crippen LogP contribution in [-0.4, -0.2) is 30.1 Å². The minimum atomic E-state index is -2.43. The Morgan fingerprint density at radius 3 is 2.30 bits per heavy atom. The summed E-state index contributed by atoms with van der Waals surface area (Å²) in [5.74, 6) is 5.24. The number of hydrazine groups is 1. The first-order valence-electron chi connectivity index (χ1n) is 3.18. The maximum absolute atomic E-state index is 12.0. The van der Waals surface area contributed by atoms with Crippen molar-refractivity contribution in [3.63, 3.8) is 0 Å². The number of nitrogens with zero attached hydrogens (tertiary/aromatic N) is 1. The lowest BCUT2D eigenvalue weighted by molar-refractivity contribution is 0.0412. The fourth-order valence-electron chi connectivity index (χ4n) is 1.20. The largest absolute Gasteiger partial charge is 0.326 e. The Morgan fingerprint density at radius 2 is 2.10 bits per heavy atom. The first kappa shape index (κ1) is 7.84. The molecule has 1 aliphatic rings. The highest BCUT2D eigenvalue weighted by molar-refractivity contribution is 4.88. The maximum Gasteiger partial charge on any atom is 0.256 e. The van der Waals surface area contributed by atoms with Crippen LogP contribution < -0.4 is 11.6 Å². The SMILES string of the molecule is NC1CCN(N)C1C(F)F. The second-order valence-electron chi connectivity index (χ2n) is 2.52. The molecule has 1 rings (SSSR count). The molecule has 0 aromatic rings. The van der Waals surface area contributed by atoms with Gasteiger partial charge in [0.2, 0.25) is 0 Å². The summed E-state index contributed by atoms with van der Waals surface area (Å²) in [6.07, 6.45) is -1.87. The summed E-state index contributed by atoms with van der Waals surface area (Å²) in [6, 6.07) is -1.41. The van der Waals surface area contributed by atoms with Gasteiger partial charge in [-0.2, -0.15) is 0 Å². The third kappa shape index (κ3) is 1.25. The van der Waals surface area contributed by atoms with Gasteiger partial charge in [-0.25, -0.2) is 13.8 Å². The molecule has 1 saturated heterocycles. The van der Waals surface area contributed by atoms with Crippen molar-refractivity contribution >= 4 is 0 Å². The van der Waals surface area contributed by atoms with Gasteiger partial charge in [0.15, 0.2) is 0 Å². The second-order valence-corrected chi connectivity index (χ2v) is 2.52. The Bertz CT molecular complexity index is 109. The Labute approximate surface area is 57.9 Å². The number of nitrogens with two attached hydrogens (primary N) is 2. The van der Waals surface area contributed by atoms with Crippen LogP contribution in [0.15, 0.2) is 0 Å². The molecule has 1 heterocycles. The zero-order valence-corrected chi connectivity index (χ0v) is 5.50. The highest BCUT2D eigenvalue weighted by Crippen LogP contribution is 2.18. The van der Waals surface area contributed by atoms with Crippen molar-refractivity contribution in [1.29, 1.82) is 0 Å². The first-order chi connectivity index (χ1) is 4.63. The van der Waals surface area contributed by atoms with E-state index in [0.29, 0.717) is 13.0 Å². The Morgan fingerprint density at radius 1 is 1.50 bits per heavy atom. The van der Waals surface area contributed by atoms with Crippen LogP contribution in [0.1, 0.15) is 6.42 Å². The van der Waals surface area contributed by atoms with Crippen LogP contribution in [0.5, 0.6) is 0 Å². The van der Waals surface area contributed by atoms with Gasteiger partial charge in [0.1, 0.15) is 0 Å². The van der Waals surface area contributed by atoms with Crippen molar-refractivity contribution in [3.8, 4) is 0 Å². The average molecular weight is 151 g/mol. The van der Waals surface area contributed by atoms with Gasteiger partial charge >= 0.3 is 0 Å². The van der Waals surface area contributed by atoms with Gasteiger partial charge in [0.05, 0.1) is 6.04 Å². The van der Waals surface area contributed by atoms with Crippen LogP contribution in [0.2, 0.25) is 0 Å². The fraction of sp³-hybridized carbons (Fsp3) is 1.00. The van der Waals surface area contributed by atoms with Crippen molar-refractivity contribution in [1.82, 2.24) is 5.01 Å². The quantitative estimate of drug-likeness (QED) is 0.498. The zero-order valence-electron chi connectivity index (χ0n) is 5.50. The molecule has 10 heavy (non-hydrogen) atoms. The Hall–Kier alpha value is -0.260. The number of rotatable bonds is 1. The molecule has 2 unspecified atom stereocenters. The molecule has 0 aromatic heterocycles. The van der Waals surface area contributed by atoms with Crippen LogP contribution >= 0.6 is 0 Å². The summed E-state index contributed by atoms with van der Waals surface area (Å²) in [4.78, 5) is 0. The molecule has 4 N–H and O–H groups in total. The lowest BCUT2D eigenvalue weighted by atomic mass is 10.1. The molecule has 0 bridgehead atoms. The molecule has 1 aliphatic heterocycles. The van der Waals surface area contributed by atoms with E-state index in [4.69, 9.17) is 11.6 Å². The molecular weight excluding hydrogens is 140 g/mol. The molecular formula is C5H11F2N3. The lowest BCUT2D eigenvalue weighted by Gasteiger charge is -2.20. The van der Waals surface area contributed by atoms with Crippen molar-refractivity contribution < 1.29 is 8.78 Å². The van der Waals surface area contributed by atoms with Crippen molar-refractivity contribution in [2.75, 3.05) is 6.54 Å². The van der Waals surface area contributed by atoms with Gasteiger partial charge in [-0.3, -0.25) is 5.84 Å². The van der Waals surface area contributed by atoms with E-state index in [1.807, 2.05) is 0 Å². The van der Waals surface area contributed by atoms with Gasteiger partial charge < -0.3 is 5.73 Å². The predicted molar refractivity (Wildman–Crippen MR) is 33.3 cm³/mol. The van der Waals surface area contributed by atoms with Crippen LogP contribution in [0.3, 0.4) is 0 Å². The van der Waals surface area contributed by atoms with E-state index in [1.54, 1.807) is 0 Å². The van der Waals surface area contributed by atoms with Crippen molar-refractivity contribution in [2.45, 2.75) is 24.9 Å². The van der Waals surface area contributed by atoms with Crippen LogP contribution in [0.4, 0.5) is 8.78 Å². The fourth-order valence-corrected chi connectivity index (χ4v) is 1.20. The van der Waals surface area contributed by atoms with E-state index < -0.39 is 18.5 Å². The predicted octanol–water partition coefficient (Wildman–Crippen LogP) is -0.473.